The van der Waals surface area contributed by atoms with Crippen molar-refractivity contribution in [3.63, 3.8) is 0 Å². The van der Waals surface area contributed by atoms with Gasteiger partial charge in [0.15, 0.2) is 0 Å². The fraction of sp³-hybridized carbons (Fsp3) is 0.500. The third-order valence-corrected chi connectivity index (χ3v) is 2.58. The number of ether oxygens (including phenoxy) is 1. The highest BCUT2D eigenvalue weighted by Crippen LogP contribution is 2.15. The lowest BCUT2D eigenvalue weighted by Gasteiger charge is -2.28. The Kier molecular flexibility index (Phi) is 3.93. The predicted molar refractivity (Wildman–Crippen MR) is 68.5 cm³/mol. The normalized spacial score (nSPS) is 15.7. The van der Waals surface area contributed by atoms with Crippen molar-refractivity contribution in [2.45, 2.75) is 6.92 Å². The van der Waals surface area contributed by atoms with E-state index in [1.165, 1.54) is 0 Å². The van der Waals surface area contributed by atoms with Gasteiger partial charge in [0.2, 0.25) is 5.95 Å². The van der Waals surface area contributed by atoms with Gasteiger partial charge < -0.3 is 15.0 Å². The minimum absolute atomic E-state index is 0.659. The van der Waals surface area contributed by atoms with E-state index in [1.807, 2.05) is 13.0 Å². The first kappa shape index (κ1) is 11.9. The van der Waals surface area contributed by atoms with E-state index in [9.17, 15) is 0 Å². The van der Waals surface area contributed by atoms with Crippen molar-refractivity contribution < 1.29 is 4.74 Å². The Morgan fingerprint density at radius 2 is 2.24 bits per heavy atom. The molecule has 0 atom stereocenters. The van der Waals surface area contributed by atoms with Gasteiger partial charge in [-0.15, -0.1) is 6.58 Å². The highest BCUT2D eigenvalue weighted by atomic mass is 16.5. The molecule has 1 aromatic rings. The maximum absolute atomic E-state index is 5.33. The van der Waals surface area contributed by atoms with Crippen LogP contribution in [0, 0.1) is 6.92 Å². The standard InChI is InChI=1S/C12H18N4O/c1-3-4-13-12-14-10(2)9-11(15-12)16-5-7-17-8-6-16/h3,9H,1,4-8H2,2H3,(H,13,14,15). The highest BCUT2D eigenvalue weighted by Gasteiger charge is 2.13. The number of aromatic nitrogens is 2. The SMILES string of the molecule is C=CCNc1nc(C)cc(N2CCOCC2)n1. The molecule has 1 aliphatic rings. The lowest BCUT2D eigenvalue weighted by Crippen LogP contribution is -2.37. The molecule has 0 amide bonds. The summed E-state index contributed by atoms with van der Waals surface area (Å²) in [6.07, 6.45) is 1.79. The maximum Gasteiger partial charge on any atom is 0.225 e. The molecule has 0 aromatic carbocycles. The van der Waals surface area contributed by atoms with Gasteiger partial charge in [-0.25, -0.2) is 4.98 Å². The molecule has 1 saturated heterocycles. The second-order valence-electron chi connectivity index (χ2n) is 3.96. The van der Waals surface area contributed by atoms with Crippen LogP contribution >= 0.6 is 0 Å². The van der Waals surface area contributed by atoms with Crippen LogP contribution in [0.1, 0.15) is 5.69 Å². The Hall–Kier alpha value is -1.62. The molecule has 1 aliphatic heterocycles. The van der Waals surface area contributed by atoms with Gasteiger partial charge in [0.05, 0.1) is 13.2 Å². The van der Waals surface area contributed by atoms with Crippen LogP contribution in [-0.4, -0.2) is 42.8 Å². The van der Waals surface area contributed by atoms with Gasteiger partial charge in [-0.05, 0) is 6.92 Å². The lowest BCUT2D eigenvalue weighted by atomic mass is 10.3. The fourth-order valence-corrected chi connectivity index (χ4v) is 1.75. The lowest BCUT2D eigenvalue weighted by molar-refractivity contribution is 0.122. The predicted octanol–water partition coefficient (Wildman–Crippen LogP) is 1.22. The zero-order valence-electron chi connectivity index (χ0n) is 10.1. The Morgan fingerprint density at radius 3 is 2.94 bits per heavy atom. The molecule has 2 rings (SSSR count). The molecule has 92 valence electrons. The van der Waals surface area contributed by atoms with Crippen molar-refractivity contribution in [1.29, 1.82) is 0 Å². The van der Waals surface area contributed by atoms with Gasteiger partial charge in [0.1, 0.15) is 5.82 Å². The number of nitrogens with zero attached hydrogens (tertiary/aromatic N) is 3. The number of rotatable bonds is 4. The van der Waals surface area contributed by atoms with E-state index in [-0.39, 0.29) is 0 Å². The summed E-state index contributed by atoms with van der Waals surface area (Å²) >= 11 is 0. The molecule has 0 aliphatic carbocycles. The molecule has 0 unspecified atom stereocenters. The molecule has 0 radical (unpaired) electrons. The smallest absolute Gasteiger partial charge is 0.225 e. The molecular formula is C12H18N4O. The summed E-state index contributed by atoms with van der Waals surface area (Å²) in [5.74, 6) is 1.62. The average molecular weight is 234 g/mol. The van der Waals surface area contributed by atoms with Crippen LogP contribution in [0.25, 0.3) is 0 Å². The largest absolute Gasteiger partial charge is 0.378 e. The Morgan fingerprint density at radius 1 is 1.47 bits per heavy atom. The zero-order chi connectivity index (χ0) is 12.1. The number of morpholine rings is 1. The first-order valence-electron chi connectivity index (χ1n) is 5.83. The minimum atomic E-state index is 0.659. The summed E-state index contributed by atoms with van der Waals surface area (Å²) in [6.45, 7) is 9.61. The topological polar surface area (TPSA) is 50.3 Å². The first-order valence-corrected chi connectivity index (χ1v) is 5.83. The number of anilines is 2. The van der Waals surface area contributed by atoms with Crippen LogP contribution in [0.4, 0.5) is 11.8 Å². The molecule has 5 nitrogen and oxygen atoms in total. The average Bonchev–Trinajstić information content (AvgIpc) is 2.37. The van der Waals surface area contributed by atoms with E-state index in [4.69, 9.17) is 4.74 Å². The Labute approximate surface area is 102 Å². The summed E-state index contributed by atoms with van der Waals surface area (Å²) < 4.78 is 5.33. The number of nitrogens with one attached hydrogen (secondary N) is 1. The molecule has 1 aromatic heterocycles. The van der Waals surface area contributed by atoms with Crippen molar-refractivity contribution in [3.05, 3.63) is 24.4 Å². The summed E-state index contributed by atoms with van der Waals surface area (Å²) in [4.78, 5) is 11.1. The fourth-order valence-electron chi connectivity index (χ4n) is 1.75. The monoisotopic (exact) mass is 234 g/mol. The summed E-state index contributed by atoms with van der Waals surface area (Å²) in [6, 6.07) is 2.00. The van der Waals surface area contributed by atoms with Gasteiger partial charge in [-0.2, -0.15) is 4.98 Å². The number of aryl methyl sites for hydroxylation is 1. The summed E-state index contributed by atoms with van der Waals surface area (Å²) in [7, 11) is 0. The van der Waals surface area contributed by atoms with Gasteiger partial charge in [0, 0.05) is 31.4 Å². The van der Waals surface area contributed by atoms with Crippen LogP contribution in [0.2, 0.25) is 0 Å². The Bertz CT molecular complexity index is 388. The van der Waals surface area contributed by atoms with Crippen LogP contribution < -0.4 is 10.2 Å². The van der Waals surface area contributed by atoms with E-state index in [0.29, 0.717) is 12.5 Å². The third kappa shape index (κ3) is 3.17. The van der Waals surface area contributed by atoms with Gasteiger partial charge in [0.25, 0.3) is 0 Å². The van der Waals surface area contributed by atoms with Crippen molar-refractivity contribution in [1.82, 2.24) is 9.97 Å². The second kappa shape index (κ2) is 5.63. The quantitative estimate of drug-likeness (QED) is 0.794. The first-order chi connectivity index (χ1) is 8.29. The second-order valence-corrected chi connectivity index (χ2v) is 3.96. The molecule has 0 spiro atoms. The van der Waals surface area contributed by atoms with Crippen LogP contribution in [-0.2, 0) is 4.74 Å². The van der Waals surface area contributed by atoms with E-state index >= 15 is 0 Å². The van der Waals surface area contributed by atoms with Gasteiger partial charge >= 0.3 is 0 Å². The molecule has 0 saturated carbocycles. The van der Waals surface area contributed by atoms with Crippen molar-refractivity contribution in [2.75, 3.05) is 43.1 Å². The van der Waals surface area contributed by atoms with Gasteiger partial charge in [-0.3, -0.25) is 0 Å². The molecule has 5 heteroatoms. The van der Waals surface area contributed by atoms with E-state index < -0.39 is 0 Å². The molecule has 0 bridgehead atoms. The highest BCUT2D eigenvalue weighted by molar-refractivity contribution is 5.45. The van der Waals surface area contributed by atoms with Crippen LogP contribution in [0.5, 0.6) is 0 Å². The van der Waals surface area contributed by atoms with E-state index in [0.717, 1.165) is 37.8 Å². The summed E-state index contributed by atoms with van der Waals surface area (Å²) in [5.41, 5.74) is 0.966. The molecule has 17 heavy (non-hydrogen) atoms. The van der Waals surface area contributed by atoms with Crippen molar-refractivity contribution in [3.8, 4) is 0 Å². The van der Waals surface area contributed by atoms with Crippen molar-refractivity contribution >= 4 is 11.8 Å². The molecule has 1 N–H and O–H groups in total. The van der Waals surface area contributed by atoms with E-state index in [1.54, 1.807) is 6.08 Å². The van der Waals surface area contributed by atoms with E-state index in [2.05, 4.69) is 26.8 Å². The minimum Gasteiger partial charge on any atom is -0.378 e. The Balaban J connectivity index is 2.14. The van der Waals surface area contributed by atoms with Crippen LogP contribution in [0.3, 0.4) is 0 Å². The third-order valence-electron chi connectivity index (χ3n) is 2.58. The molecular weight excluding hydrogens is 216 g/mol. The molecule has 1 fully saturated rings. The van der Waals surface area contributed by atoms with Crippen LogP contribution in [0.15, 0.2) is 18.7 Å². The maximum atomic E-state index is 5.33. The van der Waals surface area contributed by atoms with Gasteiger partial charge in [-0.1, -0.05) is 6.08 Å². The molecule has 2 heterocycles. The number of hydrogen-bond donors (Lipinski definition) is 1. The number of hydrogen-bond acceptors (Lipinski definition) is 5. The summed E-state index contributed by atoms with van der Waals surface area (Å²) in [5, 5.41) is 3.12. The van der Waals surface area contributed by atoms with Crippen molar-refractivity contribution in [2.24, 2.45) is 0 Å². The zero-order valence-corrected chi connectivity index (χ0v) is 10.1.